The molecule has 0 aromatic carbocycles. The first-order valence-electron chi connectivity index (χ1n) is 5.90. The van der Waals surface area contributed by atoms with Gasteiger partial charge in [-0.25, -0.2) is 9.59 Å². The van der Waals surface area contributed by atoms with Crippen LogP contribution in [-0.4, -0.2) is 40.6 Å². The van der Waals surface area contributed by atoms with Gasteiger partial charge in [0.25, 0.3) is 0 Å². The predicted molar refractivity (Wildman–Crippen MR) is 60.3 cm³/mol. The fraction of sp³-hybridized carbons (Fsp3) is 0.818. The van der Waals surface area contributed by atoms with Crippen molar-refractivity contribution in [2.75, 3.05) is 6.54 Å². The third kappa shape index (κ3) is 2.87. The molecular weight excluding hydrogens is 208 g/mol. The van der Waals surface area contributed by atoms with Crippen molar-refractivity contribution in [3.8, 4) is 0 Å². The molecule has 1 heterocycles. The lowest BCUT2D eigenvalue weighted by Gasteiger charge is -2.25. The molecule has 1 rings (SSSR count). The highest BCUT2D eigenvalue weighted by Gasteiger charge is 2.29. The standard InChI is InChI=1S/C11H20N2O3/c1-3-8-6-5-7-13(8)11(16)12-9(4-2)10(14)15/h8-9H,3-7H2,1-2H3,(H,12,16)(H,14,15). The van der Waals surface area contributed by atoms with Gasteiger partial charge in [0.1, 0.15) is 6.04 Å². The maximum atomic E-state index is 11.8. The Labute approximate surface area is 95.8 Å². The summed E-state index contributed by atoms with van der Waals surface area (Å²) < 4.78 is 0. The predicted octanol–water partition coefficient (Wildman–Crippen LogP) is 1.43. The molecule has 2 unspecified atom stereocenters. The van der Waals surface area contributed by atoms with Crippen LogP contribution in [-0.2, 0) is 4.79 Å². The van der Waals surface area contributed by atoms with Crippen LogP contribution in [0.2, 0.25) is 0 Å². The van der Waals surface area contributed by atoms with E-state index in [0.29, 0.717) is 6.42 Å². The van der Waals surface area contributed by atoms with E-state index in [0.717, 1.165) is 25.8 Å². The van der Waals surface area contributed by atoms with E-state index in [1.54, 1.807) is 11.8 Å². The van der Waals surface area contributed by atoms with Crippen LogP contribution in [0, 0.1) is 0 Å². The minimum atomic E-state index is -0.969. The number of likely N-dealkylation sites (tertiary alicyclic amines) is 1. The van der Waals surface area contributed by atoms with Crippen LogP contribution < -0.4 is 5.32 Å². The zero-order valence-electron chi connectivity index (χ0n) is 9.90. The molecule has 0 aromatic rings. The average molecular weight is 228 g/mol. The molecule has 2 atom stereocenters. The molecule has 0 spiro atoms. The van der Waals surface area contributed by atoms with Crippen molar-refractivity contribution in [1.29, 1.82) is 0 Å². The normalized spacial score (nSPS) is 21.9. The first-order valence-corrected chi connectivity index (χ1v) is 5.90. The number of rotatable bonds is 4. The smallest absolute Gasteiger partial charge is 0.326 e. The van der Waals surface area contributed by atoms with Crippen LogP contribution in [0.15, 0.2) is 0 Å². The second kappa shape index (κ2) is 5.72. The van der Waals surface area contributed by atoms with E-state index >= 15 is 0 Å². The third-order valence-corrected chi connectivity index (χ3v) is 3.11. The quantitative estimate of drug-likeness (QED) is 0.764. The first kappa shape index (κ1) is 12.8. The van der Waals surface area contributed by atoms with Crippen molar-refractivity contribution in [1.82, 2.24) is 10.2 Å². The van der Waals surface area contributed by atoms with Crippen molar-refractivity contribution in [3.05, 3.63) is 0 Å². The number of urea groups is 1. The molecule has 92 valence electrons. The molecule has 1 fully saturated rings. The highest BCUT2D eigenvalue weighted by atomic mass is 16.4. The Kier molecular flexibility index (Phi) is 4.58. The molecule has 0 aromatic heterocycles. The molecule has 2 N–H and O–H groups in total. The molecular formula is C11H20N2O3. The van der Waals surface area contributed by atoms with Crippen molar-refractivity contribution in [3.63, 3.8) is 0 Å². The van der Waals surface area contributed by atoms with Crippen LogP contribution in [0.25, 0.3) is 0 Å². The molecule has 0 aliphatic carbocycles. The fourth-order valence-corrected chi connectivity index (χ4v) is 2.10. The van der Waals surface area contributed by atoms with Gasteiger partial charge in [0.2, 0.25) is 0 Å². The molecule has 1 aliphatic rings. The summed E-state index contributed by atoms with van der Waals surface area (Å²) in [6, 6.07) is -0.740. The van der Waals surface area contributed by atoms with E-state index in [9.17, 15) is 9.59 Å². The molecule has 1 saturated heterocycles. The molecule has 0 saturated carbocycles. The average Bonchev–Trinajstić information content (AvgIpc) is 2.72. The van der Waals surface area contributed by atoms with E-state index in [-0.39, 0.29) is 12.1 Å². The topological polar surface area (TPSA) is 69.6 Å². The number of amides is 2. The lowest BCUT2D eigenvalue weighted by molar-refractivity contribution is -0.139. The molecule has 0 bridgehead atoms. The van der Waals surface area contributed by atoms with Crippen LogP contribution in [0.5, 0.6) is 0 Å². The highest BCUT2D eigenvalue weighted by Crippen LogP contribution is 2.19. The Morgan fingerprint density at radius 2 is 2.19 bits per heavy atom. The van der Waals surface area contributed by atoms with Crippen molar-refractivity contribution in [2.45, 2.75) is 51.6 Å². The molecule has 16 heavy (non-hydrogen) atoms. The van der Waals surface area contributed by atoms with Gasteiger partial charge in [0.05, 0.1) is 0 Å². The zero-order valence-corrected chi connectivity index (χ0v) is 9.90. The minimum Gasteiger partial charge on any atom is -0.480 e. The number of carbonyl (C=O) groups excluding carboxylic acids is 1. The van der Waals surface area contributed by atoms with Gasteiger partial charge in [-0.2, -0.15) is 0 Å². The largest absolute Gasteiger partial charge is 0.480 e. The number of carboxylic acids is 1. The molecule has 0 radical (unpaired) electrons. The van der Waals surface area contributed by atoms with Crippen molar-refractivity contribution in [2.24, 2.45) is 0 Å². The van der Waals surface area contributed by atoms with Gasteiger partial charge < -0.3 is 15.3 Å². The summed E-state index contributed by atoms with van der Waals surface area (Å²) in [6.45, 7) is 4.53. The summed E-state index contributed by atoms with van der Waals surface area (Å²) in [5.41, 5.74) is 0. The van der Waals surface area contributed by atoms with Gasteiger partial charge in [-0.15, -0.1) is 0 Å². The molecule has 5 nitrogen and oxygen atoms in total. The van der Waals surface area contributed by atoms with Crippen LogP contribution in [0.1, 0.15) is 39.5 Å². The third-order valence-electron chi connectivity index (χ3n) is 3.11. The van der Waals surface area contributed by atoms with Gasteiger partial charge in [-0.05, 0) is 25.7 Å². The zero-order chi connectivity index (χ0) is 12.1. The van der Waals surface area contributed by atoms with Crippen LogP contribution in [0.3, 0.4) is 0 Å². The Morgan fingerprint density at radius 1 is 1.50 bits per heavy atom. The van der Waals surface area contributed by atoms with Gasteiger partial charge >= 0.3 is 12.0 Å². The molecule has 1 aliphatic heterocycles. The van der Waals surface area contributed by atoms with Gasteiger partial charge in [0, 0.05) is 12.6 Å². The number of hydrogen-bond donors (Lipinski definition) is 2. The molecule has 5 heteroatoms. The second-order valence-electron chi connectivity index (χ2n) is 4.15. The van der Waals surface area contributed by atoms with E-state index in [1.807, 2.05) is 6.92 Å². The monoisotopic (exact) mass is 228 g/mol. The number of carboxylic acid groups (broad SMARTS) is 1. The van der Waals surface area contributed by atoms with Crippen LogP contribution in [0.4, 0.5) is 4.79 Å². The number of nitrogens with zero attached hydrogens (tertiary/aromatic N) is 1. The summed E-state index contributed by atoms with van der Waals surface area (Å²) in [6.07, 6.45) is 3.37. The summed E-state index contributed by atoms with van der Waals surface area (Å²) in [4.78, 5) is 24.4. The number of aliphatic carboxylic acids is 1. The Hall–Kier alpha value is -1.26. The number of nitrogens with one attached hydrogen (secondary N) is 1. The van der Waals surface area contributed by atoms with Gasteiger partial charge in [0.15, 0.2) is 0 Å². The Morgan fingerprint density at radius 3 is 2.69 bits per heavy atom. The lowest BCUT2D eigenvalue weighted by Crippen LogP contribution is -2.49. The maximum absolute atomic E-state index is 11.8. The van der Waals surface area contributed by atoms with Gasteiger partial charge in [-0.3, -0.25) is 0 Å². The van der Waals surface area contributed by atoms with E-state index in [1.165, 1.54) is 0 Å². The Bertz CT molecular complexity index is 268. The first-order chi connectivity index (χ1) is 7.60. The SMILES string of the molecule is CCC(NC(=O)N1CCCC1CC)C(=O)O. The summed E-state index contributed by atoms with van der Waals surface area (Å²) in [5, 5.41) is 11.4. The maximum Gasteiger partial charge on any atom is 0.326 e. The minimum absolute atomic E-state index is 0.237. The van der Waals surface area contributed by atoms with E-state index < -0.39 is 12.0 Å². The Balaban J connectivity index is 2.54. The van der Waals surface area contributed by atoms with E-state index in [4.69, 9.17) is 5.11 Å². The van der Waals surface area contributed by atoms with Gasteiger partial charge in [-0.1, -0.05) is 13.8 Å². The molecule has 2 amide bonds. The van der Waals surface area contributed by atoms with Crippen molar-refractivity contribution >= 4 is 12.0 Å². The number of hydrogen-bond acceptors (Lipinski definition) is 2. The lowest BCUT2D eigenvalue weighted by atomic mass is 10.2. The number of carbonyl (C=O) groups is 2. The second-order valence-corrected chi connectivity index (χ2v) is 4.15. The summed E-state index contributed by atoms with van der Waals surface area (Å²) >= 11 is 0. The van der Waals surface area contributed by atoms with E-state index in [2.05, 4.69) is 5.32 Å². The summed E-state index contributed by atoms with van der Waals surface area (Å²) in [7, 11) is 0. The van der Waals surface area contributed by atoms with Crippen LogP contribution >= 0.6 is 0 Å². The fourth-order valence-electron chi connectivity index (χ4n) is 2.10. The summed E-state index contributed by atoms with van der Waals surface area (Å²) in [5.74, 6) is -0.969. The van der Waals surface area contributed by atoms with Crippen molar-refractivity contribution < 1.29 is 14.7 Å². The highest BCUT2D eigenvalue weighted by molar-refractivity contribution is 5.82.